The highest BCUT2D eigenvalue weighted by atomic mass is 16.5. The number of benzene rings is 3. The van der Waals surface area contributed by atoms with Crippen molar-refractivity contribution in [2.45, 2.75) is 12.5 Å². The number of hydrogen-bond acceptors (Lipinski definition) is 6. The molecule has 180 valence electrons. The second kappa shape index (κ2) is 9.87. The Morgan fingerprint density at radius 1 is 1.00 bits per heavy atom. The number of carbonyl (C=O) groups excluding carboxylic acids is 2. The number of nitrogens with one attached hydrogen (secondary N) is 1. The summed E-state index contributed by atoms with van der Waals surface area (Å²) in [5.74, 6) is -0.456. The highest BCUT2D eigenvalue weighted by molar-refractivity contribution is 6.05. The minimum atomic E-state index is -0.710. The van der Waals surface area contributed by atoms with Gasteiger partial charge >= 0.3 is 5.97 Å². The molecule has 1 atom stereocenters. The fourth-order valence-corrected chi connectivity index (χ4v) is 4.18. The van der Waals surface area contributed by atoms with Crippen LogP contribution in [0.3, 0.4) is 0 Å². The van der Waals surface area contributed by atoms with E-state index in [-0.39, 0.29) is 17.2 Å². The molecule has 0 saturated carbocycles. The van der Waals surface area contributed by atoms with Crippen molar-refractivity contribution in [1.82, 2.24) is 9.99 Å². The van der Waals surface area contributed by atoms with Gasteiger partial charge in [-0.1, -0.05) is 48.5 Å². The maximum Gasteiger partial charge on any atom is 0.340 e. The van der Waals surface area contributed by atoms with Gasteiger partial charge in [0.1, 0.15) is 5.75 Å². The number of carbonyl (C=O) groups is 2. The van der Waals surface area contributed by atoms with Gasteiger partial charge in [-0.3, -0.25) is 9.59 Å². The van der Waals surface area contributed by atoms with Crippen LogP contribution in [0.15, 0.2) is 95.0 Å². The van der Waals surface area contributed by atoms with E-state index in [1.54, 1.807) is 7.11 Å². The summed E-state index contributed by atoms with van der Waals surface area (Å²) in [5, 5.41) is 8.24. The van der Waals surface area contributed by atoms with Crippen molar-refractivity contribution in [2.24, 2.45) is 5.10 Å². The molecule has 1 N–H and O–H groups in total. The first-order chi connectivity index (χ1) is 17.5. The summed E-state index contributed by atoms with van der Waals surface area (Å²) < 4.78 is 10.5. The zero-order valence-corrected chi connectivity index (χ0v) is 19.5. The minimum Gasteiger partial charge on any atom is -0.497 e. The maximum atomic E-state index is 13.2. The predicted octanol–water partition coefficient (Wildman–Crippen LogP) is 4.07. The van der Waals surface area contributed by atoms with Crippen LogP contribution in [0.1, 0.15) is 33.9 Å². The van der Waals surface area contributed by atoms with Crippen molar-refractivity contribution < 1.29 is 19.1 Å². The summed E-state index contributed by atoms with van der Waals surface area (Å²) >= 11 is 0. The highest BCUT2D eigenvalue weighted by Gasteiger charge is 2.33. The lowest BCUT2D eigenvalue weighted by Gasteiger charge is -2.22. The number of amides is 1. The summed E-state index contributed by atoms with van der Waals surface area (Å²) in [6.07, 6.45) is 1.76. The quantitative estimate of drug-likeness (QED) is 0.419. The van der Waals surface area contributed by atoms with Gasteiger partial charge in [-0.2, -0.15) is 5.10 Å². The molecule has 8 heteroatoms. The summed E-state index contributed by atoms with van der Waals surface area (Å²) in [7, 11) is 1.60. The SMILES string of the molecule is COc1ccc(C2CC(c3ccc4ccccc4c3)=NN2C(=O)COC(=O)c2ccc(=O)[nH]c2)cc1. The van der Waals surface area contributed by atoms with Crippen LogP contribution in [0, 0.1) is 0 Å². The lowest BCUT2D eigenvalue weighted by molar-refractivity contribution is -0.136. The van der Waals surface area contributed by atoms with Crippen LogP contribution in [0.4, 0.5) is 0 Å². The van der Waals surface area contributed by atoms with Gasteiger partial charge in [0.25, 0.3) is 5.91 Å². The van der Waals surface area contributed by atoms with Gasteiger partial charge in [0.15, 0.2) is 6.61 Å². The van der Waals surface area contributed by atoms with Gasteiger partial charge in [-0.15, -0.1) is 0 Å². The number of esters is 1. The third kappa shape index (κ3) is 4.74. The van der Waals surface area contributed by atoms with Crippen LogP contribution in [0.5, 0.6) is 5.75 Å². The average molecular weight is 482 g/mol. The molecule has 1 unspecified atom stereocenters. The van der Waals surface area contributed by atoms with E-state index in [1.807, 2.05) is 60.7 Å². The highest BCUT2D eigenvalue weighted by Crippen LogP contribution is 2.34. The topological polar surface area (TPSA) is 101 Å². The number of hydrazone groups is 1. The zero-order chi connectivity index (χ0) is 25.1. The molecule has 1 amide bonds. The summed E-state index contributed by atoms with van der Waals surface area (Å²) in [4.78, 5) is 39.2. The zero-order valence-electron chi connectivity index (χ0n) is 19.5. The Balaban J connectivity index is 1.40. The molecule has 1 aromatic heterocycles. The van der Waals surface area contributed by atoms with Crippen molar-refractivity contribution >= 4 is 28.4 Å². The molecule has 0 saturated heterocycles. The van der Waals surface area contributed by atoms with E-state index in [4.69, 9.17) is 9.47 Å². The number of fused-ring (bicyclic) bond motifs is 1. The van der Waals surface area contributed by atoms with E-state index in [9.17, 15) is 14.4 Å². The molecule has 0 radical (unpaired) electrons. The van der Waals surface area contributed by atoms with Crippen LogP contribution in [0.25, 0.3) is 10.8 Å². The smallest absolute Gasteiger partial charge is 0.340 e. The molecule has 0 bridgehead atoms. The second-order valence-corrected chi connectivity index (χ2v) is 8.36. The largest absolute Gasteiger partial charge is 0.497 e. The molecule has 1 aliphatic rings. The van der Waals surface area contributed by atoms with Gasteiger partial charge in [0, 0.05) is 18.7 Å². The van der Waals surface area contributed by atoms with Gasteiger partial charge in [0.05, 0.1) is 24.4 Å². The number of hydrogen-bond donors (Lipinski definition) is 1. The monoisotopic (exact) mass is 481 g/mol. The maximum absolute atomic E-state index is 13.2. The molecular weight excluding hydrogens is 458 g/mol. The summed E-state index contributed by atoms with van der Waals surface area (Å²) in [6, 6.07) is 23.8. The van der Waals surface area contributed by atoms with E-state index in [0.29, 0.717) is 12.2 Å². The molecular formula is C28H23N3O5. The summed E-state index contributed by atoms with van der Waals surface area (Å²) in [6.45, 7) is -0.487. The molecule has 5 rings (SSSR count). The Morgan fingerprint density at radius 2 is 1.78 bits per heavy atom. The van der Waals surface area contributed by atoms with Crippen LogP contribution in [-0.2, 0) is 9.53 Å². The van der Waals surface area contributed by atoms with Gasteiger partial charge in [-0.05, 0) is 46.2 Å². The first kappa shape index (κ1) is 23.0. The first-order valence-electron chi connectivity index (χ1n) is 11.4. The number of methoxy groups -OCH3 is 1. The third-order valence-corrected chi connectivity index (χ3v) is 6.10. The van der Waals surface area contributed by atoms with Crippen molar-refractivity contribution in [3.05, 3.63) is 112 Å². The molecule has 8 nitrogen and oxygen atoms in total. The molecule has 36 heavy (non-hydrogen) atoms. The van der Waals surface area contributed by atoms with E-state index in [1.165, 1.54) is 23.3 Å². The second-order valence-electron chi connectivity index (χ2n) is 8.36. The van der Waals surface area contributed by atoms with E-state index >= 15 is 0 Å². The Bertz CT molecular complexity index is 1500. The molecule has 1 aliphatic heterocycles. The molecule has 4 aromatic rings. The Hall–Kier alpha value is -4.72. The lowest BCUT2D eigenvalue weighted by atomic mass is 9.97. The van der Waals surface area contributed by atoms with Gasteiger partial charge in [0.2, 0.25) is 5.56 Å². The average Bonchev–Trinajstić information content (AvgIpc) is 3.37. The predicted molar refractivity (Wildman–Crippen MR) is 135 cm³/mol. The number of rotatable bonds is 6. The molecule has 0 fully saturated rings. The van der Waals surface area contributed by atoms with E-state index in [0.717, 1.165) is 27.6 Å². The molecule has 2 heterocycles. The number of H-pyrrole nitrogens is 1. The number of aromatic nitrogens is 1. The van der Waals surface area contributed by atoms with Crippen LogP contribution < -0.4 is 10.3 Å². The third-order valence-electron chi connectivity index (χ3n) is 6.10. The van der Waals surface area contributed by atoms with Crippen molar-refractivity contribution in [3.8, 4) is 5.75 Å². The fraction of sp³-hybridized carbons (Fsp3) is 0.143. The van der Waals surface area contributed by atoms with Crippen LogP contribution in [-0.4, -0.2) is 41.3 Å². The van der Waals surface area contributed by atoms with Gasteiger partial charge in [-0.25, -0.2) is 9.80 Å². The van der Waals surface area contributed by atoms with Gasteiger partial charge < -0.3 is 14.5 Å². The van der Waals surface area contributed by atoms with Crippen molar-refractivity contribution in [3.63, 3.8) is 0 Å². The lowest BCUT2D eigenvalue weighted by Crippen LogP contribution is -2.31. The van der Waals surface area contributed by atoms with Crippen molar-refractivity contribution in [2.75, 3.05) is 13.7 Å². The van der Waals surface area contributed by atoms with E-state index < -0.39 is 18.5 Å². The first-order valence-corrected chi connectivity index (χ1v) is 11.4. The van der Waals surface area contributed by atoms with Crippen molar-refractivity contribution in [1.29, 1.82) is 0 Å². The number of ether oxygens (including phenoxy) is 2. The number of aromatic amines is 1. The van der Waals surface area contributed by atoms with Crippen LogP contribution in [0.2, 0.25) is 0 Å². The number of nitrogens with zero attached hydrogens (tertiary/aromatic N) is 2. The standard InChI is InChI=1S/C28H23N3O5/c1-35-23-11-8-19(9-12-23)25-15-24(21-7-6-18-4-2-3-5-20(18)14-21)30-31(25)27(33)17-36-28(34)22-10-13-26(32)29-16-22/h2-14,16,25H,15,17H2,1H3,(H,29,32). The Kier molecular flexibility index (Phi) is 6.32. The Morgan fingerprint density at radius 3 is 2.50 bits per heavy atom. The van der Waals surface area contributed by atoms with E-state index in [2.05, 4.69) is 16.2 Å². The summed E-state index contributed by atoms with van der Waals surface area (Å²) in [5.41, 5.74) is 2.39. The Labute approximate surface area is 206 Å². The molecule has 3 aromatic carbocycles. The normalized spacial score (nSPS) is 15.0. The minimum absolute atomic E-state index is 0.149. The fourth-order valence-electron chi connectivity index (χ4n) is 4.18. The molecule has 0 spiro atoms. The number of pyridine rings is 1. The van der Waals surface area contributed by atoms with Crippen LogP contribution >= 0.6 is 0 Å². The molecule has 0 aliphatic carbocycles.